The molecule has 11 heteroatoms. The lowest BCUT2D eigenvalue weighted by molar-refractivity contribution is 0.0361. The maximum absolute atomic E-state index is 13.3. The van der Waals surface area contributed by atoms with Gasteiger partial charge >= 0.3 is 0 Å². The van der Waals surface area contributed by atoms with Gasteiger partial charge in [0.2, 0.25) is 10.0 Å². The molecule has 154 valence electrons. The zero-order chi connectivity index (χ0) is 20.0. The van der Waals surface area contributed by atoms with E-state index in [1.165, 1.54) is 23.9 Å². The second kappa shape index (κ2) is 9.79. The van der Waals surface area contributed by atoms with Crippen molar-refractivity contribution in [1.29, 1.82) is 0 Å². The summed E-state index contributed by atoms with van der Waals surface area (Å²) in [6.07, 6.45) is 0.436. The van der Waals surface area contributed by atoms with E-state index in [1.807, 2.05) is 4.57 Å². The fraction of sp³-hybridized carbons (Fsp3) is 0.529. The van der Waals surface area contributed by atoms with Crippen molar-refractivity contribution in [1.82, 2.24) is 19.7 Å². The first kappa shape index (κ1) is 21.2. The summed E-state index contributed by atoms with van der Waals surface area (Å²) in [5.74, 6) is 0.866. The SMILES string of the molecule is NS(=O)(=O)CCCSc1nnc(-c2ccc(F)cc2)n1CCN1CCOCC1. The van der Waals surface area contributed by atoms with E-state index in [2.05, 4.69) is 15.1 Å². The van der Waals surface area contributed by atoms with E-state index in [0.717, 1.165) is 38.4 Å². The molecule has 2 aromatic rings. The molecule has 28 heavy (non-hydrogen) atoms. The van der Waals surface area contributed by atoms with Gasteiger partial charge in [0, 0.05) is 37.5 Å². The average Bonchev–Trinajstić information content (AvgIpc) is 3.07. The van der Waals surface area contributed by atoms with Crippen molar-refractivity contribution in [2.45, 2.75) is 18.1 Å². The largest absolute Gasteiger partial charge is 0.379 e. The van der Waals surface area contributed by atoms with Gasteiger partial charge < -0.3 is 9.30 Å². The zero-order valence-corrected chi connectivity index (χ0v) is 17.1. The summed E-state index contributed by atoms with van der Waals surface area (Å²) >= 11 is 1.45. The van der Waals surface area contributed by atoms with Crippen LogP contribution in [0.5, 0.6) is 0 Å². The van der Waals surface area contributed by atoms with Gasteiger partial charge in [-0.15, -0.1) is 10.2 Å². The number of morpholine rings is 1. The van der Waals surface area contributed by atoms with Gasteiger partial charge in [-0.2, -0.15) is 0 Å². The molecule has 0 saturated carbocycles. The lowest BCUT2D eigenvalue weighted by Gasteiger charge is -2.27. The summed E-state index contributed by atoms with van der Waals surface area (Å²) in [5.41, 5.74) is 0.785. The van der Waals surface area contributed by atoms with E-state index < -0.39 is 10.0 Å². The third kappa shape index (κ3) is 6.24. The average molecular weight is 430 g/mol. The van der Waals surface area contributed by atoms with Crippen LogP contribution in [-0.2, 0) is 21.3 Å². The normalized spacial score (nSPS) is 15.8. The van der Waals surface area contributed by atoms with E-state index in [4.69, 9.17) is 9.88 Å². The number of rotatable bonds is 9. The first-order valence-corrected chi connectivity index (χ1v) is 11.7. The van der Waals surface area contributed by atoms with Crippen molar-refractivity contribution < 1.29 is 17.5 Å². The van der Waals surface area contributed by atoms with Crippen LogP contribution in [0.3, 0.4) is 0 Å². The molecule has 2 N–H and O–H groups in total. The Morgan fingerprint density at radius 2 is 1.86 bits per heavy atom. The topological polar surface area (TPSA) is 103 Å². The lowest BCUT2D eigenvalue weighted by atomic mass is 10.2. The van der Waals surface area contributed by atoms with Crippen LogP contribution in [0.2, 0.25) is 0 Å². The molecule has 0 spiro atoms. The van der Waals surface area contributed by atoms with Crippen molar-refractivity contribution in [3.63, 3.8) is 0 Å². The van der Waals surface area contributed by atoms with Crippen molar-refractivity contribution in [3.05, 3.63) is 30.1 Å². The molecular weight excluding hydrogens is 405 g/mol. The maximum Gasteiger partial charge on any atom is 0.209 e. The van der Waals surface area contributed by atoms with Gasteiger partial charge in [-0.3, -0.25) is 4.90 Å². The zero-order valence-electron chi connectivity index (χ0n) is 15.5. The van der Waals surface area contributed by atoms with E-state index in [-0.39, 0.29) is 11.6 Å². The standard InChI is InChI=1S/C17H24FN5O3S2/c18-15-4-2-14(3-5-15)16-20-21-17(27-12-1-13-28(19,24)25)23(16)7-6-22-8-10-26-11-9-22/h2-5H,1,6-13H2,(H2,19,24,25). The van der Waals surface area contributed by atoms with Gasteiger partial charge in [0.15, 0.2) is 11.0 Å². The second-order valence-electron chi connectivity index (χ2n) is 6.49. The second-order valence-corrected chi connectivity index (χ2v) is 9.28. The summed E-state index contributed by atoms with van der Waals surface area (Å²) in [4.78, 5) is 2.31. The van der Waals surface area contributed by atoms with Gasteiger partial charge in [0.05, 0.1) is 19.0 Å². The van der Waals surface area contributed by atoms with Crippen LogP contribution in [0.15, 0.2) is 29.4 Å². The number of halogens is 1. The van der Waals surface area contributed by atoms with Crippen LogP contribution in [0, 0.1) is 5.82 Å². The molecule has 0 atom stereocenters. The number of primary sulfonamides is 1. The molecule has 3 rings (SSSR count). The first-order chi connectivity index (χ1) is 13.4. The van der Waals surface area contributed by atoms with Gasteiger partial charge in [0.1, 0.15) is 5.82 Å². The Balaban J connectivity index is 1.73. The van der Waals surface area contributed by atoms with Crippen LogP contribution in [0.1, 0.15) is 6.42 Å². The molecule has 0 bridgehead atoms. The molecule has 1 aromatic heterocycles. The number of hydrogen-bond acceptors (Lipinski definition) is 7. The number of thioether (sulfide) groups is 1. The summed E-state index contributed by atoms with van der Waals surface area (Å²) in [6, 6.07) is 6.16. The number of aromatic nitrogens is 3. The molecule has 1 aliphatic rings. The summed E-state index contributed by atoms with van der Waals surface area (Å²) in [7, 11) is -3.47. The highest BCUT2D eigenvalue weighted by Gasteiger charge is 2.17. The lowest BCUT2D eigenvalue weighted by Crippen LogP contribution is -2.38. The Morgan fingerprint density at radius 3 is 2.54 bits per heavy atom. The van der Waals surface area contributed by atoms with Crippen LogP contribution in [-0.4, -0.2) is 72.4 Å². The minimum atomic E-state index is -3.47. The quantitative estimate of drug-likeness (QED) is 0.472. The predicted octanol–water partition coefficient (Wildman–Crippen LogP) is 1.19. The molecule has 0 radical (unpaired) electrons. The summed E-state index contributed by atoms with van der Waals surface area (Å²) in [6.45, 7) is 4.71. The van der Waals surface area contributed by atoms with Crippen molar-refractivity contribution in [3.8, 4) is 11.4 Å². The number of hydrogen-bond donors (Lipinski definition) is 1. The molecular formula is C17H24FN5O3S2. The Morgan fingerprint density at radius 1 is 1.14 bits per heavy atom. The predicted molar refractivity (Wildman–Crippen MR) is 106 cm³/mol. The minimum absolute atomic E-state index is 0.0628. The number of nitrogens with zero attached hydrogens (tertiary/aromatic N) is 4. The van der Waals surface area contributed by atoms with Gasteiger partial charge in [-0.1, -0.05) is 11.8 Å². The summed E-state index contributed by atoms with van der Waals surface area (Å²) in [5, 5.41) is 14.3. The Bertz CT molecular complexity index is 867. The molecule has 1 saturated heterocycles. The molecule has 1 aliphatic heterocycles. The number of sulfonamides is 1. The highest BCUT2D eigenvalue weighted by molar-refractivity contribution is 7.99. The Kier molecular flexibility index (Phi) is 7.41. The minimum Gasteiger partial charge on any atom is -0.379 e. The van der Waals surface area contributed by atoms with Gasteiger partial charge in [0.25, 0.3) is 0 Å². The Hall–Kier alpha value is -1.53. The number of ether oxygens (including phenoxy) is 1. The van der Waals surface area contributed by atoms with E-state index >= 15 is 0 Å². The number of nitrogens with two attached hydrogens (primary N) is 1. The molecule has 8 nitrogen and oxygen atoms in total. The van der Waals surface area contributed by atoms with Crippen LogP contribution in [0.25, 0.3) is 11.4 Å². The smallest absolute Gasteiger partial charge is 0.209 e. The molecule has 2 heterocycles. The van der Waals surface area contributed by atoms with E-state index in [9.17, 15) is 12.8 Å². The fourth-order valence-electron chi connectivity index (χ4n) is 2.90. The van der Waals surface area contributed by atoms with Gasteiger partial charge in [-0.05, 0) is 30.7 Å². The first-order valence-electron chi connectivity index (χ1n) is 9.05. The molecule has 0 unspecified atom stereocenters. The van der Waals surface area contributed by atoms with E-state index in [0.29, 0.717) is 29.7 Å². The Labute approximate surface area is 168 Å². The molecule has 0 aliphatic carbocycles. The monoisotopic (exact) mass is 429 g/mol. The highest BCUT2D eigenvalue weighted by Crippen LogP contribution is 2.25. The van der Waals surface area contributed by atoms with Crippen molar-refractivity contribution >= 4 is 21.8 Å². The molecule has 1 aromatic carbocycles. The molecule has 1 fully saturated rings. The number of benzene rings is 1. The fourth-order valence-corrected chi connectivity index (χ4v) is 4.53. The summed E-state index contributed by atoms with van der Waals surface area (Å²) < 4.78 is 42.9. The van der Waals surface area contributed by atoms with Crippen LogP contribution in [0.4, 0.5) is 4.39 Å². The third-order valence-electron chi connectivity index (χ3n) is 4.37. The molecule has 0 amide bonds. The van der Waals surface area contributed by atoms with E-state index in [1.54, 1.807) is 12.1 Å². The third-order valence-corrected chi connectivity index (χ3v) is 6.28. The van der Waals surface area contributed by atoms with Crippen LogP contribution < -0.4 is 5.14 Å². The highest BCUT2D eigenvalue weighted by atomic mass is 32.2. The maximum atomic E-state index is 13.3. The van der Waals surface area contributed by atoms with Crippen molar-refractivity contribution in [2.24, 2.45) is 5.14 Å². The van der Waals surface area contributed by atoms with Gasteiger partial charge in [-0.25, -0.2) is 17.9 Å². The van der Waals surface area contributed by atoms with Crippen LogP contribution >= 0.6 is 11.8 Å². The van der Waals surface area contributed by atoms with Crippen molar-refractivity contribution in [2.75, 3.05) is 44.4 Å².